The summed E-state index contributed by atoms with van der Waals surface area (Å²) in [6.45, 7) is 0. The maximum absolute atomic E-state index is 2.33. The van der Waals surface area contributed by atoms with Gasteiger partial charge in [0.25, 0.3) is 0 Å². The molecule has 0 aliphatic heterocycles. The van der Waals surface area contributed by atoms with Crippen molar-refractivity contribution in [2.75, 3.05) is 0 Å². The van der Waals surface area contributed by atoms with Crippen molar-refractivity contribution in [3.63, 3.8) is 0 Å². The van der Waals surface area contributed by atoms with E-state index in [1.54, 1.807) is 0 Å². The molecule has 0 nitrogen and oxygen atoms in total. The van der Waals surface area contributed by atoms with E-state index < -0.39 is 0 Å². The molecule has 0 heteroatoms. The van der Waals surface area contributed by atoms with Crippen LogP contribution in [0.4, 0.5) is 0 Å². The summed E-state index contributed by atoms with van der Waals surface area (Å²) in [7, 11) is 0. The van der Waals surface area contributed by atoms with Gasteiger partial charge in [0.15, 0.2) is 0 Å². The first-order valence-electron chi connectivity index (χ1n) is 6.30. The van der Waals surface area contributed by atoms with E-state index in [-0.39, 0.29) is 0 Å². The highest BCUT2D eigenvalue weighted by molar-refractivity contribution is 6.22. The second-order valence-corrected chi connectivity index (χ2v) is 5.11. The van der Waals surface area contributed by atoms with Crippen molar-refractivity contribution in [3.8, 4) is 11.1 Å². The third kappa shape index (κ3) is 0.888. The third-order valence-electron chi connectivity index (χ3n) is 4.09. The topological polar surface area (TPSA) is 0 Å². The number of hydrogen-bond acceptors (Lipinski definition) is 0. The van der Waals surface area contributed by atoms with Crippen LogP contribution in [0.1, 0.15) is 0 Å². The quantitative estimate of drug-likeness (QED) is 0.372. The maximum atomic E-state index is 2.33. The summed E-state index contributed by atoms with van der Waals surface area (Å²) in [6.07, 6.45) is 0. The van der Waals surface area contributed by atoms with Gasteiger partial charge >= 0.3 is 0 Å². The fourth-order valence-electron chi connectivity index (χ4n) is 3.29. The Labute approximate surface area is 104 Å². The van der Waals surface area contributed by atoms with E-state index in [4.69, 9.17) is 0 Å². The van der Waals surface area contributed by atoms with E-state index in [1.165, 1.54) is 43.4 Å². The summed E-state index contributed by atoms with van der Waals surface area (Å²) >= 11 is 0. The van der Waals surface area contributed by atoms with E-state index in [0.29, 0.717) is 0 Å². The summed E-state index contributed by atoms with van der Waals surface area (Å²) in [5.41, 5.74) is 2.72. The van der Waals surface area contributed by atoms with Crippen LogP contribution < -0.4 is 0 Å². The highest BCUT2D eigenvalue weighted by Gasteiger charge is 2.15. The van der Waals surface area contributed by atoms with Crippen LogP contribution in [0.15, 0.2) is 60.7 Å². The average Bonchev–Trinajstić information content (AvgIpc) is 2.44. The van der Waals surface area contributed by atoms with Gasteiger partial charge < -0.3 is 0 Å². The Hall–Kier alpha value is -2.34. The molecule has 0 unspecified atom stereocenters. The van der Waals surface area contributed by atoms with Gasteiger partial charge in [-0.2, -0.15) is 0 Å². The fourth-order valence-corrected chi connectivity index (χ4v) is 3.29. The first-order valence-corrected chi connectivity index (χ1v) is 6.30. The highest BCUT2D eigenvalue weighted by atomic mass is 14.2. The van der Waals surface area contributed by atoms with E-state index in [2.05, 4.69) is 60.7 Å². The molecule has 0 saturated carbocycles. The molecule has 6 bridgehead atoms. The molecule has 0 saturated heterocycles. The first-order chi connectivity index (χ1) is 8.90. The molecule has 0 atom stereocenters. The Balaban J connectivity index is 2.09. The van der Waals surface area contributed by atoms with Crippen LogP contribution in [0.2, 0.25) is 0 Å². The zero-order valence-corrected chi connectivity index (χ0v) is 9.77. The smallest absolute Gasteiger partial charge is 0.00264 e. The van der Waals surface area contributed by atoms with Gasteiger partial charge in [-0.05, 0) is 73.8 Å². The summed E-state index contributed by atoms with van der Waals surface area (Å²) in [5, 5.41) is 8.30. The second-order valence-electron chi connectivity index (χ2n) is 5.11. The van der Waals surface area contributed by atoms with Crippen molar-refractivity contribution in [2.24, 2.45) is 0 Å². The number of hydrogen-bond donors (Lipinski definition) is 0. The molecule has 0 amide bonds. The molecule has 6 rings (SSSR count). The van der Waals surface area contributed by atoms with Gasteiger partial charge in [-0.25, -0.2) is 0 Å². The standard InChI is InChI=1S/C18H10/c1-2-4-11(5-3-1)18-16-9-13-10-17(18)15-7-12(13)6-14(16)8-15/h1-10H. The van der Waals surface area contributed by atoms with Gasteiger partial charge in [-0.15, -0.1) is 0 Å². The average molecular weight is 226 g/mol. The molecule has 18 heavy (non-hydrogen) atoms. The lowest BCUT2D eigenvalue weighted by Gasteiger charge is -2.18. The van der Waals surface area contributed by atoms with Gasteiger partial charge in [0, 0.05) is 0 Å². The Morgan fingerprint density at radius 3 is 1.72 bits per heavy atom. The van der Waals surface area contributed by atoms with Crippen LogP contribution in [0, 0.1) is 0 Å². The predicted molar refractivity (Wildman–Crippen MR) is 78.0 cm³/mol. The summed E-state index contributed by atoms with van der Waals surface area (Å²) < 4.78 is 0. The van der Waals surface area contributed by atoms with Gasteiger partial charge in [-0.1, -0.05) is 30.3 Å². The van der Waals surface area contributed by atoms with Crippen molar-refractivity contribution in [3.05, 3.63) is 60.7 Å². The molecular formula is C18H10. The Bertz CT molecular complexity index is 884. The van der Waals surface area contributed by atoms with Gasteiger partial charge in [0.2, 0.25) is 0 Å². The maximum Gasteiger partial charge on any atom is -0.00264 e. The number of benzene rings is 6. The third-order valence-corrected chi connectivity index (χ3v) is 4.09. The molecule has 6 aromatic carbocycles. The lowest BCUT2D eigenvalue weighted by atomic mass is 9.85. The van der Waals surface area contributed by atoms with E-state index >= 15 is 0 Å². The molecule has 6 aromatic rings. The van der Waals surface area contributed by atoms with Crippen molar-refractivity contribution in [1.82, 2.24) is 0 Å². The molecule has 82 valence electrons. The van der Waals surface area contributed by atoms with Crippen molar-refractivity contribution in [2.45, 2.75) is 0 Å². The van der Waals surface area contributed by atoms with Crippen molar-refractivity contribution >= 4 is 32.3 Å². The summed E-state index contributed by atoms with van der Waals surface area (Å²) in [5.74, 6) is 0. The lowest BCUT2D eigenvalue weighted by molar-refractivity contribution is 1.68. The Morgan fingerprint density at radius 1 is 0.500 bits per heavy atom. The highest BCUT2D eigenvalue weighted by Crippen LogP contribution is 2.43. The molecule has 0 heterocycles. The normalized spacial score (nSPS) is 12.4. The van der Waals surface area contributed by atoms with E-state index in [0.717, 1.165) is 0 Å². The SMILES string of the molecule is c1ccc(-c2c3cc4cc2c2cc4cc3c2)cc1. The largest absolute Gasteiger partial charge is 0.0622 e. The van der Waals surface area contributed by atoms with E-state index in [9.17, 15) is 0 Å². The molecule has 0 spiro atoms. The van der Waals surface area contributed by atoms with Gasteiger partial charge in [-0.3, -0.25) is 0 Å². The zero-order valence-electron chi connectivity index (χ0n) is 9.77. The Morgan fingerprint density at radius 2 is 1.06 bits per heavy atom. The van der Waals surface area contributed by atoms with Crippen LogP contribution in [0.3, 0.4) is 0 Å². The van der Waals surface area contributed by atoms with Crippen LogP contribution in [0.25, 0.3) is 43.4 Å². The van der Waals surface area contributed by atoms with E-state index in [1.807, 2.05) is 0 Å². The van der Waals surface area contributed by atoms with Crippen LogP contribution in [0.5, 0.6) is 0 Å². The van der Waals surface area contributed by atoms with Crippen molar-refractivity contribution in [1.29, 1.82) is 0 Å². The molecule has 0 fully saturated rings. The number of rotatable bonds is 1. The summed E-state index contributed by atoms with van der Waals surface area (Å²) in [6, 6.07) is 22.3. The zero-order chi connectivity index (χ0) is 11.7. The molecule has 0 aliphatic carbocycles. The molecule has 0 N–H and O–H groups in total. The van der Waals surface area contributed by atoms with Crippen LogP contribution >= 0.6 is 0 Å². The molecular weight excluding hydrogens is 216 g/mol. The minimum absolute atomic E-state index is 1.32. The lowest BCUT2D eigenvalue weighted by Crippen LogP contribution is -1.91. The van der Waals surface area contributed by atoms with Crippen LogP contribution in [-0.4, -0.2) is 0 Å². The minimum Gasteiger partial charge on any atom is -0.0622 e. The van der Waals surface area contributed by atoms with Gasteiger partial charge in [0.1, 0.15) is 0 Å². The minimum atomic E-state index is 1.32. The fraction of sp³-hybridized carbons (Fsp3) is 0. The molecule has 0 radical (unpaired) electrons. The monoisotopic (exact) mass is 226 g/mol. The summed E-state index contributed by atoms with van der Waals surface area (Å²) in [4.78, 5) is 0. The molecule has 0 aliphatic rings. The van der Waals surface area contributed by atoms with Crippen molar-refractivity contribution < 1.29 is 0 Å². The van der Waals surface area contributed by atoms with Gasteiger partial charge in [0.05, 0.1) is 0 Å². The molecule has 0 aromatic heterocycles. The Kier molecular flexibility index (Phi) is 1.32. The second kappa shape index (κ2) is 2.73. The first kappa shape index (κ1) is 8.71. The van der Waals surface area contributed by atoms with Crippen LogP contribution in [-0.2, 0) is 0 Å². The predicted octanol–water partition coefficient (Wildman–Crippen LogP) is 5.13.